The summed E-state index contributed by atoms with van der Waals surface area (Å²) in [5.41, 5.74) is 1.34. The van der Waals surface area contributed by atoms with Crippen LogP contribution in [-0.4, -0.2) is 91.6 Å². The van der Waals surface area contributed by atoms with Crippen LogP contribution < -0.4 is 10.6 Å². The van der Waals surface area contributed by atoms with Gasteiger partial charge in [-0.25, -0.2) is 4.98 Å². The molecule has 3 aromatic rings. The maximum absolute atomic E-state index is 13.5. The normalized spacial score (nSPS) is 16.6. The lowest BCUT2D eigenvalue weighted by molar-refractivity contribution is -0.135. The number of nitrogens with zero attached hydrogens (tertiary/aromatic N) is 4. The predicted octanol–water partition coefficient (Wildman–Crippen LogP) is 4.13. The number of carbonyl (C=O) groups is 4. The molecule has 4 amide bonds. The van der Waals surface area contributed by atoms with Gasteiger partial charge in [-0.15, -0.1) is 0 Å². The molecule has 2 aromatic heterocycles. The Bertz CT molecular complexity index is 1480. The van der Waals surface area contributed by atoms with Gasteiger partial charge >= 0.3 is 0 Å². The number of likely N-dealkylation sites (N-methyl/N-ethyl adjacent to an activating group) is 2. The second-order valence-corrected chi connectivity index (χ2v) is 12.0. The van der Waals surface area contributed by atoms with Crippen molar-refractivity contribution >= 4 is 57.7 Å². The van der Waals surface area contributed by atoms with Crippen LogP contribution in [-0.2, 0) is 20.8 Å². The highest BCUT2D eigenvalue weighted by Crippen LogP contribution is 2.35. The molecular weight excluding hydrogens is 572 g/mol. The molecule has 1 saturated carbocycles. The first-order valence-corrected chi connectivity index (χ1v) is 14.7. The van der Waals surface area contributed by atoms with Gasteiger partial charge in [0.25, 0.3) is 5.91 Å². The van der Waals surface area contributed by atoms with E-state index in [1.54, 1.807) is 61.3 Å². The number of carbonyl (C=O) groups excluding carboxylic acids is 4. The molecule has 1 fully saturated rings. The van der Waals surface area contributed by atoms with Gasteiger partial charge < -0.3 is 29.8 Å². The smallest absolute Gasteiger partial charge is 0.294 e. The fraction of sp³-hybridized carbons (Fsp3) is 0.452. The van der Waals surface area contributed by atoms with Gasteiger partial charge in [-0.05, 0) is 69.6 Å². The highest BCUT2D eigenvalue weighted by molar-refractivity contribution is 6.30. The molecule has 230 valence electrons. The molecule has 12 heteroatoms. The number of anilines is 2. The SMILES string of the molecule is CN(C)CCN(C)C(=O)Cc1ccc2oc(C(=O)Nc3ccc(Cl)cn3)c(NC(=O)[C@H]3CC[C@H](C(=O)N(C)C)CC3)c2c1. The molecule has 0 unspecified atom stereocenters. The molecule has 43 heavy (non-hydrogen) atoms. The first kappa shape index (κ1) is 32.0. The summed E-state index contributed by atoms with van der Waals surface area (Å²) in [7, 11) is 9.14. The van der Waals surface area contributed by atoms with Gasteiger partial charge in [-0.3, -0.25) is 19.2 Å². The summed E-state index contributed by atoms with van der Waals surface area (Å²) in [5.74, 6) is -1.05. The molecule has 1 aliphatic rings. The number of amides is 4. The molecule has 0 saturated heterocycles. The Labute approximate surface area is 256 Å². The Kier molecular flexibility index (Phi) is 10.4. The van der Waals surface area contributed by atoms with Gasteiger partial charge in [-0.1, -0.05) is 17.7 Å². The summed E-state index contributed by atoms with van der Waals surface area (Å²) >= 11 is 5.93. The predicted molar refractivity (Wildman–Crippen MR) is 166 cm³/mol. The summed E-state index contributed by atoms with van der Waals surface area (Å²) in [5, 5.41) is 6.58. The molecule has 0 atom stereocenters. The molecule has 0 aliphatic heterocycles. The minimum absolute atomic E-state index is 0.0499. The van der Waals surface area contributed by atoms with E-state index >= 15 is 0 Å². The molecule has 4 rings (SSSR count). The molecule has 2 N–H and O–H groups in total. The van der Waals surface area contributed by atoms with E-state index < -0.39 is 5.91 Å². The van der Waals surface area contributed by atoms with Crippen molar-refractivity contribution in [1.29, 1.82) is 0 Å². The second-order valence-electron chi connectivity index (χ2n) is 11.5. The number of aromatic nitrogens is 1. The van der Waals surface area contributed by atoms with Crippen LogP contribution in [0.25, 0.3) is 11.0 Å². The topological polar surface area (TPSA) is 128 Å². The fourth-order valence-corrected chi connectivity index (χ4v) is 5.25. The van der Waals surface area contributed by atoms with E-state index in [0.29, 0.717) is 48.2 Å². The van der Waals surface area contributed by atoms with Crippen molar-refractivity contribution in [1.82, 2.24) is 19.7 Å². The zero-order valence-corrected chi connectivity index (χ0v) is 26.0. The lowest BCUT2D eigenvalue weighted by atomic mass is 9.81. The monoisotopic (exact) mass is 610 g/mol. The Morgan fingerprint density at radius 2 is 1.63 bits per heavy atom. The standard InChI is InChI=1S/C31H39ClN6O5/c1-36(2)14-15-38(5)26(39)17-19-6-12-24-23(16-19)27(28(43-24)30(41)34-25-13-11-22(32)18-33-25)35-29(40)20-7-9-21(10-8-20)31(42)37(3)4/h6,11-13,16,18,20-21H,7-10,14-15,17H2,1-5H3,(H,35,40)(H,33,34,41)/t20-,21-. The second kappa shape index (κ2) is 14.0. The van der Waals surface area contributed by atoms with E-state index in [4.69, 9.17) is 16.0 Å². The summed E-state index contributed by atoms with van der Waals surface area (Å²) in [6.07, 6.45) is 3.91. The number of pyridine rings is 1. The van der Waals surface area contributed by atoms with Crippen LogP contribution in [0.4, 0.5) is 11.5 Å². The summed E-state index contributed by atoms with van der Waals surface area (Å²) in [6, 6.07) is 8.41. The number of nitrogens with one attached hydrogen (secondary N) is 2. The Morgan fingerprint density at radius 1 is 0.930 bits per heavy atom. The average molecular weight is 611 g/mol. The van der Waals surface area contributed by atoms with E-state index in [9.17, 15) is 19.2 Å². The minimum Gasteiger partial charge on any atom is -0.449 e. The van der Waals surface area contributed by atoms with Gasteiger partial charge in [0.15, 0.2) is 0 Å². The van der Waals surface area contributed by atoms with Crippen LogP contribution >= 0.6 is 11.6 Å². The lowest BCUT2D eigenvalue weighted by Gasteiger charge is -2.28. The molecule has 2 heterocycles. The number of halogens is 1. The van der Waals surface area contributed by atoms with Gasteiger partial charge in [-0.2, -0.15) is 0 Å². The van der Waals surface area contributed by atoms with E-state index in [1.807, 2.05) is 19.0 Å². The van der Waals surface area contributed by atoms with Crippen molar-refractivity contribution in [2.75, 3.05) is 59.0 Å². The minimum atomic E-state index is -0.595. The lowest BCUT2D eigenvalue weighted by Crippen LogP contribution is -2.35. The Balaban J connectivity index is 1.59. The first-order chi connectivity index (χ1) is 20.4. The molecule has 11 nitrogen and oxygen atoms in total. The third-order valence-electron chi connectivity index (χ3n) is 7.73. The highest BCUT2D eigenvalue weighted by Gasteiger charge is 2.32. The van der Waals surface area contributed by atoms with Gasteiger partial charge in [0.2, 0.25) is 23.5 Å². The number of hydrogen-bond donors (Lipinski definition) is 2. The zero-order chi connectivity index (χ0) is 31.3. The Morgan fingerprint density at radius 3 is 2.26 bits per heavy atom. The number of fused-ring (bicyclic) bond motifs is 1. The molecule has 1 aromatic carbocycles. The number of furan rings is 1. The first-order valence-electron chi connectivity index (χ1n) is 14.3. The summed E-state index contributed by atoms with van der Waals surface area (Å²) < 4.78 is 5.96. The van der Waals surface area contributed by atoms with E-state index in [-0.39, 0.29) is 53.2 Å². The average Bonchev–Trinajstić information content (AvgIpc) is 3.34. The van der Waals surface area contributed by atoms with Crippen molar-refractivity contribution < 1.29 is 23.6 Å². The van der Waals surface area contributed by atoms with E-state index in [1.165, 1.54) is 6.20 Å². The van der Waals surface area contributed by atoms with Gasteiger partial charge in [0.05, 0.1) is 11.4 Å². The molecule has 0 bridgehead atoms. The number of hydrogen-bond acceptors (Lipinski definition) is 7. The van der Waals surface area contributed by atoms with E-state index in [2.05, 4.69) is 15.6 Å². The summed E-state index contributed by atoms with van der Waals surface area (Å²) in [4.78, 5) is 61.6. The van der Waals surface area contributed by atoms with Crippen molar-refractivity contribution in [3.63, 3.8) is 0 Å². The highest BCUT2D eigenvalue weighted by atomic mass is 35.5. The maximum atomic E-state index is 13.5. The molecule has 0 radical (unpaired) electrons. The van der Waals surface area contributed by atoms with Crippen LogP contribution in [0.15, 0.2) is 40.9 Å². The zero-order valence-electron chi connectivity index (χ0n) is 25.3. The van der Waals surface area contributed by atoms with Crippen LogP contribution in [0.2, 0.25) is 5.02 Å². The molecule has 1 aliphatic carbocycles. The van der Waals surface area contributed by atoms with Crippen LogP contribution in [0.3, 0.4) is 0 Å². The maximum Gasteiger partial charge on any atom is 0.294 e. The van der Waals surface area contributed by atoms with Crippen molar-refractivity contribution in [2.24, 2.45) is 11.8 Å². The van der Waals surface area contributed by atoms with Gasteiger partial charge in [0.1, 0.15) is 17.1 Å². The number of benzene rings is 1. The third-order valence-corrected chi connectivity index (χ3v) is 7.95. The van der Waals surface area contributed by atoms with Crippen molar-refractivity contribution in [3.05, 3.63) is 52.9 Å². The Hall–Kier alpha value is -3.96. The van der Waals surface area contributed by atoms with Crippen molar-refractivity contribution in [3.8, 4) is 0 Å². The van der Waals surface area contributed by atoms with Crippen LogP contribution in [0.1, 0.15) is 41.8 Å². The van der Waals surface area contributed by atoms with Crippen LogP contribution in [0.5, 0.6) is 0 Å². The number of rotatable bonds is 10. The van der Waals surface area contributed by atoms with E-state index in [0.717, 1.165) is 12.1 Å². The fourth-order valence-electron chi connectivity index (χ4n) is 5.14. The summed E-state index contributed by atoms with van der Waals surface area (Å²) in [6.45, 7) is 1.33. The van der Waals surface area contributed by atoms with Crippen LogP contribution in [0, 0.1) is 11.8 Å². The molecule has 0 spiro atoms. The third kappa shape index (κ3) is 8.11. The largest absolute Gasteiger partial charge is 0.449 e. The molecular formula is C31H39ClN6O5. The van der Waals surface area contributed by atoms with Gasteiger partial charge in [0, 0.05) is 57.7 Å². The quantitative estimate of drug-likeness (QED) is 0.353. The van der Waals surface area contributed by atoms with Crippen molar-refractivity contribution in [2.45, 2.75) is 32.1 Å².